The minimum atomic E-state index is -3.32. The third kappa shape index (κ3) is 3.22. The van der Waals surface area contributed by atoms with Gasteiger partial charge in [-0.15, -0.1) is 0 Å². The van der Waals surface area contributed by atoms with Crippen molar-refractivity contribution in [3.8, 4) is 0 Å². The normalized spacial score (nSPS) is 27.6. The van der Waals surface area contributed by atoms with Crippen molar-refractivity contribution < 1.29 is 17.9 Å². The Morgan fingerprint density at radius 1 is 1.29 bits per heavy atom. The summed E-state index contributed by atoms with van der Waals surface area (Å²) < 4.78 is 29.1. The van der Waals surface area contributed by atoms with Gasteiger partial charge in [0, 0.05) is 37.4 Å². The van der Waals surface area contributed by atoms with E-state index in [2.05, 4.69) is 0 Å². The van der Waals surface area contributed by atoms with E-state index in [-0.39, 0.29) is 22.3 Å². The number of carbonyl (C=O) groups excluding carboxylic acids is 1. The van der Waals surface area contributed by atoms with Gasteiger partial charge in [0.05, 0.1) is 11.0 Å². The molecule has 2 atom stereocenters. The van der Waals surface area contributed by atoms with E-state index < -0.39 is 9.84 Å². The first-order valence-electron chi connectivity index (χ1n) is 8.48. The Morgan fingerprint density at radius 3 is 2.75 bits per heavy atom. The maximum atomic E-state index is 12.9. The number of likely N-dealkylation sites (tertiary alicyclic amines) is 1. The van der Waals surface area contributed by atoms with Crippen molar-refractivity contribution >= 4 is 15.7 Å². The maximum absolute atomic E-state index is 12.9. The second-order valence-corrected chi connectivity index (χ2v) is 9.12. The zero-order chi connectivity index (χ0) is 17.4. The molecule has 1 aromatic carbocycles. The molecular weight excluding hydrogens is 326 g/mol. The fraction of sp³-hybridized carbons (Fsp3) is 0.611. The number of sulfone groups is 1. The SMILES string of the molecule is CO[C@@H]1CCC[C@@]12CCCN(C(=O)c1cccc(S(C)(=O)=O)c1)C2. The molecule has 0 radical (unpaired) electrons. The largest absolute Gasteiger partial charge is 0.381 e. The molecule has 0 unspecified atom stereocenters. The molecule has 1 amide bonds. The van der Waals surface area contributed by atoms with Gasteiger partial charge in [0.1, 0.15) is 0 Å². The third-order valence-corrected chi connectivity index (χ3v) is 6.62. The van der Waals surface area contributed by atoms with Crippen molar-refractivity contribution in [2.24, 2.45) is 5.41 Å². The van der Waals surface area contributed by atoms with Crippen molar-refractivity contribution in [1.29, 1.82) is 0 Å². The predicted molar refractivity (Wildman–Crippen MR) is 91.8 cm³/mol. The molecular formula is C18H25NO4S. The highest BCUT2D eigenvalue weighted by atomic mass is 32.2. The lowest BCUT2D eigenvalue weighted by Crippen LogP contribution is -2.49. The summed E-state index contributed by atoms with van der Waals surface area (Å²) in [4.78, 5) is 15.0. The zero-order valence-corrected chi connectivity index (χ0v) is 15.1. The lowest BCUT2D eigenvalue weighted by Gasteiger charge is -2.43. The maximum Gasteiger partial charge on any atom is 0.253 e. The molecule has 1 saturated heterocycles. The Kier molecular flexibility index (Phi) is 4.71. The highest BCUT2D eigenvalue weighted by Gasteiger charge is 2.46. The van der Waals surface area contributed by atoms with E-state index in [1.165, 1.54) is 12.1 Å². The van der Waals surface area contributed by atoms with E-state index in [0.717, 1.165) is 44.9 Å². The van der Waals surface area contributed by atoms with Crippen molar-refractivity contribution in [2.75, 3.05) is 26.5 Å². The van der Waals surface area contributed by atoms with Crippen LogP contribution in [0.4, 0.5) is 0 Å². The summed E-state index contributed by atoms with van der Waals surface area (Å²) in [6.45, 7) is 1.42. The van der Waals surface area contributed by atoms with Crippen LogP contribution >= 0.6 is 0 Å². The molecule has 1 aliphatic heterocycles. The minimum Gasteiger partial charge on any atom is -0.381 e. The van der Waals surface area contributed by atoms with Gasteiger partial charge in [-0.2, -0.15) is 0 Å². The Bertz CT molecular complexity index is 730. The Hall–Kier alpha value is -1.40. The number of hydrogen-bond acceptors (Lipinski definition) is 4. The summed E-state index contributed by atoms with van der Waals surface area (Å²) >= 11 is 0. The fourth-order valence-electron chi connectivity index (χ4n) is 4.32. The molecule has 6 heteroatoms. The van der Waals surface area contributed by atoms with Crippen LogP contribution < -0.4 is 0 Å². The Balaban J connectivity index is 1.83. The second kappa shape index (κ2) is 6.48. The van der Waals surface area contributed by atoms with Gasteiger partial charge < -0.3 is 9.64 Å². The molecule has 24 heavy (non-hydrogen) atoms. The first-order chi connectivity index (χ1) is 11.4. The van der Waals surface area contributed by atoms with Crippen LogP contribution in [0.25, 0.3) is 0 Å². The van der Waals surface area contributed by atoms with Crippen LogP contribution in [0, 0.1) is 5.41 Å². The van der Waals surface area contributed by atoms with Crippen molar-refractivity contribution in [3.63, 3.8) is 0 Å². The minimum absolute atomic E-state index is 0.0666. The molecule has 0 bridgehead atoms. The molecule has 132 valence electrons. The van der Waals surface area contributed by atoms with Gasteiger partial charge in [-0.3, -0.25) is 4.79 Å². The smallest absolute Gasteiger partial charge is 0.253 e. The molecule has 2 aliphatic rings. The van der Waals surface area contributed by atoms with Gasteiger partial charge in [0.25, 0.3) is 5.91 Å². The molecule has 1 saturated carbocycles. The number of rotatable bonds is 3. The number of ether oxygens (including phenoxy) is 1. The van der Waals surface area contributed by atoms with Crippen LogP contribution in [-0.2, 0) is 14.6 Å². The molecule has 1 heterocycles. The first kappa shape index (κ1) is 17.4. The van der Waals surface area contributed by atoms with E-state index in [9.17, 15) is 13.2 Å². The molecule has 5 nitrogen and oxygen atoms in total. The average molecular weight is 351 g/mol. The van der Waals surface area contributed by atoms with E-state index in [0.29, 0.717) is 12.1 Å². The van der Waals surface area contributed by atoms with E-state index >= 15 is 0 Å². The van der Waals surface area contributed by atoms with Gasteiger partial charge in [-0.1, -0.05) is 12.5 Å². The molecule has 0 aromatic heterocycles. The first-order valence-corrected chi connectivity index (χ1v) is 10.4. The monoisotopic (exact) mass is 351 g/mol. The quantitative estimate of drug-likeness (QED) is 0.839. The fourth-order valence-corrected chi connectivity index (χ4v) is 4.98. The van der Waals surface area contributed by atoms with E-state index in [1.807, 2.05) is 4.90 Å². The summed E-state index contributed by atoms with van der Waals surface area (Å²) in [5.74, 6) is -0.0821. The van der Waals surface area contributed by atoms with Crippen molar-refractivity contribution in [2.45, 2.75) is 43.1 Å². The van der Waals surface area contributed by atoms with Crippen LogP contribution in [0.5, 0.6) is 0 Å². The molecule has 1 aromatic rings. The highest BCUT2D eigenvalue weighted by molar-refractivity contribution is 7.90. The summed E-state index contributed by atoms with van der Waals surface area (Å²) in [6.07, 6.45) is 6.74. The van der Waals surface area contributed by atoms with Gasteiger partial charge in [-0.25, -0.2) is 8.42 Å². The van der Waals surface area contributed by atoms with Gasteiger partial charge in [0.15, 0.2) is 9.84 Å². The molecule has 0 N–H and O–H groups in total. The number of nitrogens with zero attached hydrogens (tertiary/aromatic N) is 1. The summed E-state index contributed by atoms with van der Waals surface area (Å²) in [5, 5.41) is 0. The van der Waals surface area contributed by atoms with Crippen molar-refractivity contribution in [1.82, 2.24) is 4.90 Å². The summed E-state index contributed by atoms with van der Waals surface area (Å²) in [7, 11) is -1.56. The van der Waals surface area contributed by atoms with Gasteiger partial charge in [-0.05, 0) is 43.9 Å². The standard InChI is InChI=1S/C18H25NO4S/c1-23-16-8-4-9-18(16)10-5-11-19(13-18)17(20)14-6-3-7-15(12-14)24(2,21)22/h3,6-7,12,16H,4-5,8-11,13H2,1-2H3/t16-,18+/m1/s1. The number of benzene rings is 1. The van der Waals surface area contributed by atoms with E-state index in [1.54, 1.807) is 19.2 Å². The second-order valence-electron chi connectivity index (χ2n) is 7.11. The van der Waals surface area contributed by atoms with Gasteiger partial charge >= 0.3 is 0 Å². The summed E-state index contributed by atoms with van der Waals surface area (Å²) in [5.41, 5.74) is 0.513. The number of amides is 1. The summed E-state index contributed by atoms with van der Waals surface area (Å²) in [6, 6.07) is 6.35. The Morgan fingerprint density at radius 2 is 2.04 bits per heavy atom. The molecule has 2 fully saturated rings. The highest BCUT2D eigenvalue weighted by Crippen LogP contribution is 2.46. The Labute approximate surface area is 143 Å². The molecule has 3 rings (SSSR count). The van der Waals surface area contributed by atoms with E-state index in [4.69, 9.17) is 4.74 Å². The lowest BCUT2D eigenvalue weighted by atomic mass is 9.76. The number of carbonyl (C=O) groups is 1. The van der Waals surface area contributed by atoms with Crippen LogP contribution in [0.15, 0.2) is 29.2 Å². The zero-order valence-electron chi connectivity index (χ0n) is 14.3. The predicted octanol–water partition coefficient (Wildman–Crippen LogP) is 2.51. The number of piperidine rings is 1. The third-order valence-electron chi connectivity index (χ3n) is 5.51. The van der Waals surface area contributed by atoms with Crippen LogP contribution in [0.1, 0.15) is 42.5 Å². The van der Waals surface area contributed by atoms with Crippen LogP contribution in [0.3, 0.4) is 0 Å². The average Bonchev–Trinajstić information content (AvgIpc) is 2.95. The van der Waals surface area contributed by atoms with Crippen molar-refractivity contribution in [3.05, 3.63) is 29.8 Å². The van der Waals surface area contributed by atoms with Gasteiger partial charge in [0.2, 0.25) is 0 Å². The molecule has 1 aliphatic carbocycles. The topological polar surface area (TPSA) is 63.7 Å². The molecule has 1 spiro atoms. The lowest BCUT2D eigenvalue weighted by molar-refractivity contribution is -0.0295. The van der Waals surface area contributed by atoms with Crippen LogP contribution in [0.2, 0.25) is 0 Å². The van der Waals surface area contributed by atoms with Crippen LogP contribution in [-0.4, -0.2) is 51.8 Å². The number of methoxy groups -OCH3 is 1. The number of hydrogen-bond donors (Lipinski definition) is 0.